The summed E-state index contributed by atoms with van der Waals surface area (Å²) in [6.07, 6.45) is 8.50. The molecule has 3 heterocycles. The number of piperidine rings is 2. The van der Waals surface area contributed by atoms with Crippen LogP contribution in [0.15, 0.2) is 18.3 Å². The number of likely N-dealkylation sites (tertiary alicyclic amines) is 2. The van der Waals surface area contributed by atoms with Crippen LogP contribution in [0.3, 0.4) is 0 Å². The summed E-state index contributed by atoms with van der Waals surface area (Å²) in [6.45, 7) is 5.90. The van der Waals surface area contributed by atoms with E-state index in [0.29, 0.717) is 5.69 Å². The van der Waals surface area contributed by atoms with E-state index in [4.69, 9.17) is 5.26 Å². The average molecular weight is 284 g/mol. The van der Waals surface area contributed by atoms with Gasteiger partial charge in [-0.1, -0.05) is 6.42 Å². The summed E-state index contributed by atoms with van der Waals surface area (Å²) in [5.41, 5.74) is 1.73. The van der Waals surface area contributed by atoms with Crippen molar-refractivity contribution in [3.8, 4) is 6.07 Å². The first-order valence-corrected chi connectivity index (χ1v) is 8.16. The molecule has 0 unspecified atom stereocenters. The van der Waals surface area contributed by atoms with Crippen LogP contribution in [-0.2, 0) is 6.54 Å². The van der Waals surface area contributed by atoms with Gasteiger partial charge in [0, 0.05) is 18.8 Å². The van der Waals surface area contributed by atoms with Gasteiger partial charge in [-0.3, -0.25) is 4.90 Å². The van der Waals surface area contributed by atoms with Crippen LogP contribution >= 0.6 is 0 Å². The molecule has 4 nitrogen and oxygen atoms in total. The molecule has 3 rings (SSSR count). The largest absolute Gasteiger partial charge is 0.300 e. The summed E-state index contributed by atoms with van der Waals surface area (Å²) in [5, 5.41) is 8.92. The van der Waals surface area contributed by atoms with Crippen molar-refractivity contribution >= 4 is 0 Å². The lowest BCUT2D eigenvalue weighted by molar-refractivity contribution is 0.0896. The quantitative estimate of drug-likeness (QED) is 0.855. The monoisotopic (exact) mass is 284 g/mol. The fraction of sp³-hybridized carbons (Fsp3) is 0.647. The van der Waals surface area contributed by atoms with Crippen LogP contribution in [0.25, 0.3) is 0 Å². The number of nitriles is 1. The standard InChI is InChI=1S/C17H24N4/c18-13-16-12-15(4-7-19-16)14-20-10-5-17(6-11-20)21-8-2-1-3-9-21/h4,7,12,17H,1-3,5-6,8-11,14H2. The van der Waals surface area contributed by atoms with E-state index in [0.717, 1.165) is 12.6 Å². The second-order valence-electron chi connectivity index (χ2n) is 6.27. The van der Waals surface area contributed by atoms with Gasteiger partial charge in [-0.25, -0.2) is 4.98 Å². The highest BCUT2D eigenvalue weighted by atomic mass is 15.2. The molecule has 0 aromatic carbocycles. The maximum atomic E-state index is 8.92. The average Bonchev–Trinajstić information content (AvgIpc) is 2.56. The summed E-state index contributed by atoms with van der Waals surface area (Å²) < 4.78 is 0. The van der Waals surface area contributed by atoms with Gasteiger partial charge in [0.1, 0.15) is 11.8 Å². The van der Waals surface area contributed by atoms with Crippen LogP contribution in [0, 0.1) is 11.3 Å². The lowest BCUT2D eigenvalue weighted by atomic mass is 9.99. The summed E-state index contributed by atoms with van der Waals surface area (Å²) >= 11 is 0. The molecular formula is C17H24N4. The fourth-order valence-electron chi connectivity index (χ4n) is 3.62. The highest BCUT2D eigenvalue weighted by Crippen LogP contribution is 2.21. The predicted molar refractivity (Wildman–Crippen MR) is 82.7 cm³/mol. The van der Waals surface area contributed by atoms with E-state index in [1.807, 2.05) is 12.1 Å². The zero-order chi connectivity index (χ0) is 14.5. The van der Waals surface area contributed by atoms with Crippen molar-refractivity contribution in [2.75, 3.05) is 26.2 Å². The second-order valence-corrected chi connectivity index (χ2v) is 6.27. The van der Waals surface area contributed by atoms with Gasteiger partial charge < -0.3 is 4.90 Å². The molecule has 2 saturated heterocycles. The minimum Gasteiger partial charge on any atom is -0.300 e. The van der Waals surface area contributed by atoms with Crippen molar-refractivity contribution < 1.29 is 0 Å². The Labute approximate surface area is 127 Å². The van der Waals surface area contributed by atoms with Gasteiger partial charge in [0.05, 0.1) is 0 Å². The van der Waals surface area contributed by atoms with Gasteiger partial charge in [-0.05, 0) is 69.6 Å². The molecule has 0 radical (unpaired) electrons. The van der Waals surface area contributed by atoms with Gasteiger partial charge in [0.2, 0.25) is 0 Å². The molecule has 1 aromatic heterocycles. The van der Waals surface area contributed by atoms with E-state index in [1.54, 1.807) is 6.20 Å². The van der Waals surface area contributed by atoms with Crippen molar-refractivity contribution in [1.82, 2.24) is 14.8 Å². The summed E-state index contributed by atoms with van der Waals surface area (Å²) in [6, 6.07) is 6.86. The smallest absolute Gasteiger partial charge is 0.140 e. The van der Waals surface area contributed by atoms with Crippen LogP contribution < -0.4 is 0 Å². The molecule has 1 aromatic rings. The van der Waals surface area contributed by atoms with E-state index < -0.39 is 0 Å². The molecule has 0 saturated carbocycles. The zero-order valence-electron chi connectivity index (χ0n) is 12.7. The van der Waals surface area contributed by atoms with Gasteiger partial charge in [-0.15, -0.1) is 0 Å². The third kappa shape index (κ3) is 3.81. The van der Waals surface area contributed by atoms with Crippen LogP contribution in [0.5, 0.6) is 0 Å². The van der Waals surface area contributed by atoms with E-state index >= 15 is 0 Å². The Kier molecular flexibility index (Phi) is 4.84. The van der Waals surface area contributed by atoms with Gasteiger partial charge in [0.25, 0.3) is 0 Å². The number of pyridine rings is 1. The molecule has 112 valence electrons. The molecular weight excluding hydrogens is 260 g/mol. The fourth-order valence-corrected chi connectivity index (χ4v) is 3.62. The van der Waals surface area contributed by atoms with Crippen molar-refractivity contribution in [2.45, 2.75) is 44.7 Å². The number of hydrogen-bond donors (Lipinski definition) is 0. The molecule has 21 heavy (non-hydrogen) atoms. The minimum absolute atomic E-state index is 0.524. The van der Waals surface area contributed by atoms with Crippen molar-refractivity contribution in [2.24, 2.45) is 0 Å². The Bertz CT molecular complexity index is 494. The number of aromatic nitrogens is 1. The molecule has 0 amide bonds. The molecule has 0 aliphatic carbocycles. The summed E-state index contributed by atoms with van der Waals surface area (Å²) in [7, 11) is 0. The summed E-state index contributed by atoms with van der Waals surface area (Å²) in [5.74, 6) is 0. The Morgan fingerprint density at radius 1 is 1.14 bits per heavy atom. The first-order chi connectivity index (χ1) is 10.3. The highest BCUT2D eigenvalue weighted by Gasteiger charge is 2.25. The van der Waals surface area contributed by atoms with Gasteiger partial charge in [-0.2, -0.15) is 5.26 Å². The summed E-state index contributed by atoms with van der Waals surface area (Å²) in [4.78, 5) is 9.26. The SMILES string of the molecule is N#Cc1cc(CN2CCC(N3CCCCC3)CC2)ccn1. The molecule has 0 bridgehead atoms. The predicted octanol–water partition coefficient (Wildman–Crippen LogP) is 2.40. The lowest BCUT2D eigenvalue weighted by Crippen LogP contribution is -2.46. The van der Waals surface area contributed by atoms with E-state index in [1.165, 1.54) is 63.8 Å². The molecule has 0 N–H and O–H groups in total. The Morgan fingerprint density at radius 3 is 2.62 bits per heavy atom. The van der Waals surface area contributed by atoms with Crippen LogP contribution in [0.2, 0.25) is 0 Å². The van der Waals surface area contributed by atoms with Gasteiger partial charge in [0.15, 0.2) is 0 Å². The first kappa shape index (κ1) is 14.5. The molecule has 0 spiro atoms. The highest BCUT2D eigenvalue weighted by molar-refractivity contribution is 5.25. The van der Waals surface area contributed by atoms with Crippen LogP contribution in [-0.4, -0.2) is 47.0 Å². The van der Waals surface area contributed by atoms with E-state index in [9.17, 15) is 0 Å². The van der Waals surface area contributed by atoms with Crippen LogP contribution in [0.1, 0.15) is 43.4 Å². The number of hydrogen-bond acceptors (Lipinski definition) is 4. The third-order valence-electron chi connectivity index (χ3n) is 4.81. The number of nitrogens with zero attached hydrogens (tertiary/aromatic N) is 4. The minimum atomic E-state index is 0.524. The van der Waals surface area contributed by atoms with Crippen molar-refractivity contribution in [3.05, 3.63) is 29.6 Å². The van der Waals surface area contributed by atoms with Crippen LogP contribution in [0.4, 0.5) is 0 Å². The molecule has 2 aliphatic rings. The maximum Gasteiger partial charge on any atom is 0.140 e. The lowest BCUT2D eigenvalue weighted by Gasteiger charge is -2.40. The second kappa shape index (κ2) is 7.02. The first-order valence-electron chi connectivity index (χ1n) is 8.16. The molecule has 2 aliphatic heterocycles. The van der Waals surface area contributed by atoms with Gasteiger partial charge >= 0.3 is 0 Å². The molecule has 0 atom stereocenters. The van der Waals surface area contributed by atoms with E-state index in [2.05, 4.69) is 20.9 Å². The van der Waals surface area contributed by atoms with E-state index in [-0.39, 0.29) is 0 Å². The molecule has 2 fully saturated rings. The topological polar surface area (TPSA) is 43.2 Å². The third-order valence-corrected chi connectivity index (χ3v) is 4.81. The van der Waals surface area contributed by atoms with Crippen molar-refractivity contribution in [3.63, 3.8) is 0 Å². The Morgan fingerprint density at radius 2 is 1.90 bits per heavy atom. The number of rotatable bonds is 3. The Hall–Kier alpha value is -1.44. The maximum absolute atomic E-state index is 8.92. The Balaban J connectivity index is 1.50. The normalized spacial score (nSPS) is 22.0. The van der Waals surface area contributed by atoms with Crippen molar-refractivity contribution in [1.29, 1.82) is 5.26 Å². The molecule has 4 heteroatoms. The zero-order valence-corrected chi connectivity index (χ0v) is 12.7.